The molecule has 1 atom stereocenters. The summed E-state index contributed by atoms with van der Waals surface area (Å²) in [5, 5.41) is 0. The summed E-state index contributed by atoms with van der Waals surface area (Å²) in [6.07, 6.45) is 1.02. The van der Waals surface area contributed by atoms with Crippen molar-refractivity contribution < 1.29 is 4.39 Å². The lowest BCUT2D eigenvalue weighted by Gasteiger charge is -2.33. The molecule has 0 aliphatic carbocycles. The van der Waals surface area contributed by atoms with Crippen molar-refractivity contribution in [1.29, 1.82) is 0 Å². The summed E-state index contributed by atoms with van der Waals surface area (Å²) in [5.41, 5.74) is 11.4. The minimum Gasteiger partial charge on any atom is -0.367 e. The topological polar surface area (TPSA) is 29.3 Å². The molecule has 2 N–H and O–H groups in total. The average Bonchev–Trinajstić information content (AvgIpc) is 2.49. The Morgan fingerprint density at radius 2 is 1.90 bits per heavy atom. The molecule has 0 spiro atoms. The predicted octanol–water partition coefficient (Wildman–Crippen LogP) is 3.72. The molecule has 2 aromatic rings. The first kappa shape index (κ1) is 14.1. The number of nitrogens with two attached hydrogens (primary N) is 1. The van der Waals surface area contributed by atoms with Crippen molar-refractivity contribution in [2.45, 2.75) is 32.9 Å². The smallest absolute Gasteiger partial charge is 0.126 e. The van der Waals surface area contributed by atoms with Crippen LogP contribution in [0.15, 0.2) is 36.4 Å². The van der Waals surface area contributed by atoms with E-state index in [0.29, 0.717) is 5.56 Å². The lowest BCUT2D eigenvalue weighted by Crippen LogP contribution is -2.31. The maximum atomic E-state index is 13.9. The van der Waals surface area contributed by atoms with Crippen LogP contribution in [0.25, 0.3) is 0 Å². The van der Waals surface area contributed by atoms with E-state index in [-0.39, 0.29) is 11.9 Å². The molecule has 1 heterocycles. The van der Waals surface area contributed by atoms with E-state index in [1.165, 1.54) is 11.1 Å². The van der Waals surface area contributed by atoms with E-state index in [1.807, 2.05) is 19.9 Å². The minimum atomic E-state index is -0.177. The van der Waals surface area contributed by atoms with Crippen molar-refractivity contribution >= 4 is 5.69 Å². The number of rotatable bonds is 2. The Morgan fingerprint density at radius 1 is 1.19 bits per heavy atom. The SMILES string of the molecule is Cc1cc(N2CCc3ccccc3C2)c([C@H](C)N)cc1F. The maximum Gasteiger partial charge on any atom is 0.126 e. The Hall–Kier alpha value is -1.87. The van der Waals surface area contributed by atoms with Crippen molar-refractivity contribution in [2.24, 2.45) is 5.73 Å². The van der Waals surface area contributed by atoms with E-state index in [2.05, 4.69) is 29.2 Å². The minimum absolute atomic E-state index is 0.174. The lowest BCUT2D eigenvalue weighted by molar-refractivity contribution is 0.611. The van der Waals surface area contributed by atoms with Crippen LogP contribution in [0.5, 0.6) is 0 Å². The van der Waals surface area contributed by atoms with Crippen molar-refractivity contribution in [2.75, 3.05) is 11.4 Å². The zero-order valence-electron chi connectivity index (χ0n) is 12.6. The van der Waals surface area contributed by atoms with E-state index in [9.17, 15) is 4.39 Å². The van der Waals surface area contributed by atoms with Gasteiger partial charge in [-0.05, 0) is 54.7 Å². The van der Waals surface area contributed by atoms with Crippen LogP contribution in [0.3, 0.4) is 0 Å². The van der Waals surface area contributed by atoms with Crippen LogP contribution < -0.4 is 10.6 Å². The molecule has 0 saturated carbocycles. The second-order valence-electron chi connectivity index (χ2n) is 5.89. The Kier molecular flexibility index (Phi) is 3.68. The fourth-order valence-electron chi connectivity index (χ4n) is 3.02. The highest BCUT2D eigenvalue weighted by Crippen LogP contribution is 2.32. The Balaban J connectivity index is 2.00. The number of benzene rings is 2. The molecular formula is C18H21FN2. The van der Waals surface area contributed by atoms with Crippen molar-refractivity contribution in [3.8, 4) is 0 Å². The fraction of sp³-hybridized carbons (Fsp3) is 0.333. The van der Waals surface area contributed by atoms with Gasteiger partial charge in [-0.2, -0.15) is 0 Å². The Morgan fingerprint density at radius 3 is 2.62 bits per heavy atom. The molecule has 3 heteroatoms. The summed E-state index contributed by atoms with van der Waals surface area (Å²) in [6.45, 7) is 5.52. The van der Waals surface area contributed by atoms with E-state index >= 15 is 0 Å². The van der Waals surface area contributed by atoms with Gasteiger partial charge in [0.15, 0.2) is 0 Å². The Labute approximate surface area is 125 Å². The Bertz CT molecular complexity index is 664. The molecule has 0 aromatic heterocycles. The molecule has 2 aromatic carbocycles. The number of fused-ring (bicyclic) bond motifs is 1. The zero-order chi connectivity index (χ0) is 15.0. The van der Waals surface area contributed by atoms with Gasteiger partial charge >= 0.3 is 0 Å². The van der Waals surface area contributed by atoms with Gasteiger partial charge < -0.3 is 10.6 Å². The van der Waals surface area contributed by atoms with Crippen LogP contribution in [0, 0.1) is 12.7 Å². The molecular weight excluding hydrogens is 263 g/mol. The highest BCUT2D eigenvalue weighted by molar-refractivity contribution is 5.58. The number of halogens is 1. The number of aryl methyl sites for hydroxylation is 1. The maximum absolute atomic E-state index is 13.9. The first-order valence-electron chi connectivity index (χ1n) is 7.43. The summed E-state index contributed by atoms with van der Waals surface area (Å²) in [6, 6.07) is 11.9. The zero-order valence-corrected chi connectivity index (χ0v) is 12.6. The van der Waals surface area contributed by atoms with Gasteiger partial charge in [0.1, 0.15) is 5.82 Å². The fourth-order valence-corrected chi connectivity index (χ4v) is 3.02. The molecule has 1 aliphatic heterocycles. The molecule has 21 heavy (non-hydrogen) atoms. The van der Waals surface area contributed by atoms with Crippen molar-refractivity contribution in [3.63, 3.8) is 0 Å². The van der Waals surface area contributed by atoms with Crippen LogP contribution in [0.1, 0.15) is 35.2 Å². The summed E-state index contributed by atoms with van der Waals surface area (Å²) >= 11 is 0. The van der Waals surface area contributed by atoms with E-state index in [0.717, 1.165) is 30.8 Å². The summed E-state index contributed by atoms with van der Waals surface area (Å²) < 4.78 is 13.9. The van der Waals surface area contributed by atoms with Crippen molar-refractivity contribution in [3.05, 3.63) is 64.5 Å². The second kappa shape index (κ2) is 5.49. The van der Waals surface area contributed by atoms with Gasteiger partial charge in [-0.15, -0.1) is 0 Å². The lowest BCUT2D eigenvalue weighted by atomic mass is 9.97. The van der Waals surface area contributed by atoms with Crippen molar-refractivity contribution in [1.82, 2.24) is 0 Å². The van der Waals surface area contributed by atoms with Crippen LogP contribution >= 0.6 is 0 Å². The van der Waals surface area contributed by atoms with Crippen LogP contribution in [0.2, 0.25) is 0 Å². The van der Waals surface area contributed by atoms with Crippen LogP contribution in [-0.2, 0) is 13.0 Å². The van der Waals surface area contributed by atoms with Gasteiger partial charge in [0.05, 0.1) is 0 Å². The molecule has 0 radical (unpaired) electrons. The predicted molar refractivity (Wildman–Crippen MR) is 84.9 cm³/mol. The number of hydrogen-bond donors (Lipinski definition) is 1. The molecule has 0 unspecified atom stereocenters. The highest BCUT2D eigenvalue weighted by Gasteiger charge is 2.20. The molecule has 0 saturated heterocycles. The van der Waals surface area contributed by atoms with Crippen LogP contribution in [-0.4, -0.2) is 6.54 Å². The van der Waals surface area contributed by atoms with E-state index in [1.54, 1.807) is 6.07 Å². The standard InChI is InChI=1S/C18H21FN2/c1-12-9-18(16(13(2)20)10-17(12)19)21-8-7-14-5-3-4-6-15(14)11-21/h3-6,9-10,13H,7-8,11,20H2,1-2H3/t13-/m0/s1. The monoisotopic (exact) mass is 284 g/mol. The summed E-state index contributed by atoms with van der Waals surface area (Å²) in [4.78, 5) is 2.31. The molecule has 2 nitrogen and oxygen atoms in total. The van der Waals surface area contributed by atoms with Crippen LogP contribution in [0.4, 0.5) is 10.1 Å². The highest BCUT2D eigenvalue weighted by atomic mass is 19.1. The van der Waals surface area contributed by atoms with Gasteiger partial charge in [0.25, 0.3) is 0 Å². The number of anilines is 1. The summed E-state index contributed by atoms with van der Waals surface area (Å²) in [5.74, 6) is -0.177. The summed E-state index contributed by atoms with van der Waals surface area (Å²) in [7, 11) is 0. The molecule has 3 rings (SSSR count). The largest absolute Gasteiger partial charge is 0.367 e. The van der Waals surface area contributed by atoms with Gasteiger partial charge in [-0.3, -0.25) is 0 Å². The third kappa shape index (κ3) is 2.66. The first-order valence-corrected chi connectivity index (χ1v) is 7.43. The van der Waals surface area contributed by atoms with Gasteiger partial charge in [0.2, 0.25) is 0 Å². The number of hydrogen-bond acceptors (Lipinski definition) is 2. The van der Waals surface area contributed by atoms with Gasteiger partial charge in [-0.25, -0.2) is 4.39 Å². The molecule has 110 valence electrons. The van der Waals surface area contributed by atoms with E-state index < -0.39 is 0 Å². The molecule has 0 bridgehead atoms. The molecule has 0 fully saturated rings. The average molecular weight is 284 g/mol. The quantitative estimate of drug-likeness (QED) is 0.910. The number of nitrogens with zero attached hydrogens (tertiary/aromatic N) is 1. The second-order valence-corrected chi connectivity index (χ2v) is 5.89. The van der Waals surface area contributed by atoms with Gasteiger partial charge in [-0.1, -0.05) is 24.3 Å². The molecule has 0 amide bonds. The third-order valence-corrected chi connectivity index (χ3v) is 4.27. The molecule has 1 aliphatic rings. The first-order chi connectivity index (χ1) is 10.1. The van der Waals surface area contributed by atoms with Gasteiger partial charge in [0, 0.05) is 24.8 Å². The normalized spacial score (nSPS) is 15.7. The third-order valence-electron chi connectivity index (χ3n) is 4.27. The van der Waals surface area contributed by atoms with E-state index in [4.69, 9.17) is 5.73 Å².